The molecule has 0 atom stereocenters. The molecule has 3 N–H and O–H groups in total. The van der Waals surface area contributed by atoms with Crippen molar-refractivity contribution >= 4 is 29.0 Å². The van der Waals surface area contributed by atoms with E-state index in [1.807, 2.05) is 12.3 Å². The summed E-state index contributed by atoms with van der Waals surface area (Å²) in [4.78, 5) is 21.0. The zero-order valence-electron chi connectivity index (χ0n) is 21.9. The number of aryl methyl sites for hydroxylation is 1. The molecule has 0 aliphatic rings. The van der Waals surface area contributed by atoms with Crippen molar-refractivity contribution in [2.45, 2.75) is 25.0 Å². The van der Waals surface area contributed by atoms with Crippen LogP contribution in [-0.4, -0.2) is 39.7 Å². The summed E-state index contributed by atoms with van der Waals surface area (Å²) >= 11 is 1.54. The number of imidazole rings is 1. The van der Waals surface area contributed by atoms with E-state index in [9.17, 15) is 13.6 Å². The molecule has 0 saturated carbocycles. The van der Waals surface area contributed by atoms with Crippen LogP contribution in [0.2, 0.25) is 0 Å². The van der Waals surface area contributed by atoms with E-state index in [1.54, 1.807) is 36.2 Å². The molecule has 0 unspecified atom stereocenters. The van der Waals surface area contributed by atoms with Crippen molar-refractivity contribution in [1.82, 2.24) is 15.0 Å². The normalized spacial score (nSPS) is 10.8. The number of aromatic nitrogens is 3. The molecule has 0 bridgehead atoms. The number of nitrogens with one attached hydrogen (secondary N) is 2. The Balaban J connectivity index is 0.00000181. The second kappa shape index (κ2) is 13.4. The number of hydrogen-bond donors (Lipinski definition) is 3. The number of aliphatic hydroxyl groups excluding tert-OH is 1. The van der Waals surface area contributed by atoms with E-state index in [2.05, 4.69) is 15.0 Å². The van der Waals surface area contributed by atoms with Gasteiger partial charge in [-0.3, -0.25) is 0 Å². The van der Waals surface area contributed by atoms with Crippen LogP contribution < -0.4 is 4.74 Å². The zero-order valence-corrected chi connectivity index (χ0v) is 22.7. The topological polar surface area (TPSA) is 91.0 Å². The van der Waals surface area contributed by atoms with Gasteiger partial charge in [-0.1, -0.05) is 18.2 Å². The first kappa shape index (κ1) is 29.0. The molecule has 6 nitrogen and oxygen atoms in total. The van der Waals surface area contributed by atoms with E-state index in [0.29, 0.717) is 40.1 Å². The maximum Gasteiger partial charge on any atom is 0.168 e. The lowest BCUT2D eigenvalue weighted by Gasteiger charge is -2.14. The number of H-pyrrole nitrogens is 2. The number of aromatic amines is 2. The summed E-state index contributed by atoms with van der Waals surface area (Å²) < 4.78 is 50.7. The van der Waals surface area contributed by atoms with Gasteiger partial charge in [0.2, 0.25) is 0 Å². The van der Waals surface area contributed by atoms with Crippen molar-refractivity contribution in [3.63, 3.8) is 0 Å². The summed E-state index contributed by atoms with van der Waals surface area (Å²) in [6, 6.07) is 12.4. The fourth-order valence-corrected chi connectivity index (χ4v) is 5.03. The van der Waals surface area contributed by atoms with Crippen molar-refractivity contribution in [2.75, 3.05) is 13.4 Å². The summed E-state index contributed by atoms with van der Waals surface area (Å²) in [5.41, 5.74) is 3.02. The molecule has 5 aromatic rings. The number of rotatable bonds is 10. The van der Waals surface area contributed by atoms with E-state index in [-0.39, 0.29) is 41.5 Å². The molecule has 0 fully saturated rings. The van der Waals surface area contributed by atoms with Crippen LogP contribution in [0.25, 0.3) is 22.3 Å². The molecule has 0 radical (unpaired) electrons. The summed E-state index contributed by atoms with van der Waals surface area (Å²) in [6.07, 6.45) is 6.73. The van der Waals surface area contributed by atoms with Crippen LogP contribution >= 0.6 is 11.8 Å². The zero-order chi connectivity index (χ0) is 28.6. The van der Waals surface area contributed by atoms with Gasteiger partial charge >= 0.3 is 0 Å². The Bertz CT molecular complexity index is 1620. The fourth-order valence-electron chi connectivity index (χ4n) is 4.46. The van der Waals surface area contributed by atoms with Crippen LogP contribution in [0.3, 0.4) is 0 Å². The smallest absolute Gasteiger partial charge is 0.168 e. The standard InChI is InChI=1S/C29H24F3N3O2S.CH4O/c1-38-16-23-21-9-10-33-26(21)14-25(31)28(23)37-20-7-8-24(30)22(13-20)29-34-15-19(35-29)12-18-5-2-4-17(27(18)32)6-3-11-36;1-2/h2,4-5,7-11,13-15,33H,3,6,12,16H2,1H3,(H,34,35);2H,1H3. The third-order valence-electron chi connectivity index (χ3n) is 6.27. The minimum absolute atomic E-state index is 0.0917. The predicted octanol–water partition coefficient (Wildman–Crippen LogP) is 6.96. The minimum atomic E-state index is -0.536. The highest BCUT2D eigenvalue weighted by atomic mass is 32.2. The molecule has 2 aromatic heterocycles. The third kappa shape index (κ3) is 6.24. The Morgan fingerprint density at radius 3 is 2.62 bits per heavy atom. The van der Waals surface area contributed by atoms with Gasteiger partial charge in [-0.05, 0) is 48.1 Å². The van der Waals surface area contributed by atoms with E-state index in [1.165, 1.54) is 30.5 Å². The Kier molecular flexibility index (Phi) is 9.68. The summed E-state index contributed by atoms with van der Waals surface area (Å²) in [7, 11) is 1.00. The molecule has 0 aliphatic carbocycles. The van der Waals surface area contributed by atoms with Crippen LogP contribution in [0.1, 0.15) is 28.8 Å². The van der Waals surface area contributed by atoms with Gasteiger partial charge in [-0.2, -0.15) is 11.8 Å². The number of nitrogens with zero attached hydrogens (tertiary/aromatic N) is 1. The highest BCUT2D eigenvalue weighted by Gasteiger charge is 2.18. The van der Waals surface area contributed by atoms with Crippen molar-refractivity contribution in [1.29, 1.82) is 0 Å². The Morgan fingerprint density at radius 1 is 1.05 bits per heavy atom. The molecule has 208 valence electrons. The maximum atomic E-state index is 15.0. The number of aliphatic hydroxyl groups is 1. The van der Waals surface area contributed by atoms with Crippen LogP contribution in [0.5, 0.6) is 11.5 Å². The minimum Gasteiger partial charge on any atom is -0.454 e. The molecular weight excluding hydrogens is 539 g/mol. The lowest BCUT2D eigenvalue weighted by Crippen LogP contribution is -1.99. The third-order valence-corrected chi connectivity index (χ3v) is 6.84. The van der Waals surface area contributed by atoms with Gasteiger partial charge in [0.1, 0.15) is 29.5 Å². The predicted molar refractivity (Wildman–Crippen MR) is 151 cm³/mol. The van der Waals surface area contributed by atoms with Crippen molar-refractivity contribution in [3.05, 3.63) is 101 Å². The molecule has 40 heavy (non-hydrogen) atoms. The van der Waals surface area contributed by atoms with Crippen LogP contribution in [-0.2, 0) is 23.4 Å². The number of carbonyl (C=O) groups is 1. The average molecular weight is 568 g/mol. The van der Waals surface area contributed by atoms with Gasteiger partial charge in [-0.25, -0.2) is 18.2 Å². The lowest BCUT2D eigenvalue weighted by molar-refractivity contribution is -0.107. The van der Waals surface area contributed by atoms with Gasteiger partial charge < -0.3 is 24.6 Å². The quantitative estimate of drug-likeness (QED) is 0.159. The lowest BCUT2D eigenvalue weighted by atomic mass is 10.0. The van der Waals surface area contributed by atoms with Gasteiger partial charge in [0, 0.05) is 66.3 Å². The van der Waals surface area contributed by atoms with E-state index in [0.717, 1.165) is 18.8 Å². The van der Waals surface area contributed by atoms with Crippen molar-refractivity contribution in [2.24, 2.45) is 0 Å². The van der Waals surface area contributed by atoms with Crippen LogP contribution in [0.15, 0.2) is 60.9 Å². The SMILES string of the molecule is CO.CSCc1c(Oc2ccc(F)c(-c3ncc(Cc4cccc(CCC=O)c4F)[nH]3)c2)c(F)cc2[nH]ccc12. The first-order valence-electron chi connectivity index (χ1n) is 12.4. The Morgan fingerprint density at radius 2 is 1.85 bits per heavy atom. The van der Waals surface area contributed by atoms with Crippen molar-refractivity contribution < 1.29 is 27.8 Å². The number of fused-ring (bicyclic) bond motifs is 1. The van der Waals surface area contributed by atoms with E-state index in [4.69, 9.17) is 9.84 Å². The van der Waals surface area contributed by atoms with Crippen LogP contribution in [0, 0.1) is 17.5 Å². The first-order valence-corrected chi connectivity index (χ1v) is 13.8. The van der Waals surface area contributed by atoms with Gasteiger partial charge in [0.15, 0.2) is 11.6 Å². The molecule has 2 heterocycles. The van der Waals surface area contributed by atoms with Crippen molar-refractivity contribution in [3.8, 4) is 22.9 Å². The number of benzene rings is 3. The summed E-state index contributed by atoms with van der Waals surface area (Å²) in [5.74, 6) is -0.303. The van der Waals surface area contributed by atoms with E-state index >= 15 is 4.39 Å². The highest BCUT2D eigenvalue weighted by molar-refractivity contribution is 7.97. The second-order valence-electron chi connectivity index (χ2n) is 8.81. The number of ether oxygens (including phenoxy) is 1. The largest absolute Gasteiger partial charge is 0.454 e. The number of carbonyl (C=O) groups excluding carboxylic acids is 1. The molecule has 5 rings (SSSR count). The monoisotopic (exact) mass is 567 g/mol. The number of thioether (sulfide) groups is 1. The van der Waals surface area contributed by atoms with Gasteiger partial charge in [-0.15, -0.1) is 0 Å². The van der Waals surface area contributed by atoms with Gasteiger partial charge in [0.05, 0.1) is 5.56 Å². The average Bonchev–Trinajstić information content (AvgIpc) is 3.63. The number of halogens is 3. The molecule has 10 heteroatoms. The highest BCUT2D eigenvalue weighted by Crippen LogP contribution is 2.37. The molecular formula is C30H28F3N3O3S. The molecule has 0 saturated heterocycles. The number of aldehydes is 1. The number of hydrogen-bond acceptors (Lipinski definition) is 5. The van der Waals surface area contributed by atoms with E-state index < -0.39 is 11.6 Å². The Labute approximate surface area is 233 Å². The Hall–Kier alpha value is -4.02. The van der Waals surface area contributed by atoms with Crippen LogP contribution in [0.4, 0.5) is 13.2 Å². The summed E-state index contributed by atoms with van der Waals surface area (Å²) in [6.45, 7) is 0. The molecule has 0 spiro atoms. The molecule has 0 aliphatic heterocycles. The fraction of sp³-hybridized carbons (Fsp3) is 0.200. The first-order chi connectivity index (χ1) is 19.5. The molecule has 3 aromatic carbocycles. The van der Waals surface area contributed by atoms with Gasteiger partial charge in [0.25, 0.3) is 0 Å². The molecule has 0 amide bonds. The summed E-state index contributed by atoms with van der Waals surface area (Å²) in [5, 5.41) is 7.86. The second-order valence-corrected chi connectivity index (χ2v) is 9.68. The maximum absolute atomic E-state index is 15.0.